The molecule has 2 aromatic rings. The fourth-order valence-corrected chi connectivity index (χ4v) is 1.76. The SMILES string of the molecule is CCc1ccc2[nH]c(=O)cc(CN)c2c1. The standard InChI is InChI=1S/C12H14N2O/c1-2-8-3-4-11-10(5-8)9(7-13)6-12(15)14-11/h3-6H,2,7,13H2,1H3,(H,14,15). The molecule has 0 unspecified atom stereocenters. The van der Waals surface area contributed by atoms with Crippen LogP contribution >= 0.6 is 0 Å². The van der Waals surface area contributed by atoms with Crippen LogP contribution in [0.25, 0.3) is 10.9 Å². The second kappa shape index (κ2) is 3.87. The lowest BCUT2D eigenvalue weighted by Gasteiger charge is -2.05. The van der Waals surface area contributed by atoms with Crippen molar-refractivity contribution < 1.29 is 0 Å². The molecule has 3 heteroatoms. The van der Waals surface area contributed by atoms with Gasteiger partial charge in [0, 0.05) is 23.5 Å². The van der Waals surface area contributed by atoms with Crippen LogP contribution in [0.15, 0.2) is 29.1 Å². The number of fused-ring (bicyclic) bond motifs is 1. The number of pyridine rings is 1. The van der Waals surface area contributed by atoms with E-state index in [-0.39, 0.29) is 5.56 Å². The Bertz CT molecular complexity index is 543. The molecule has 1 heterocycles. The number of benzene rings is 1. The highest BCUT2D eigenvalue weighted by Gasteiger charge is 2.02. The second-order valence-electron chi connectivity index (χ2n) is 3.60. The van der Waals surface area contributed by atoms with E-state index >= 15 is 0 Å². The highest BCUT2D eigenvalue weighted by atomic mass is 16.1. The van der Waals surface area contributed by atoms with Crippen LogP contribution in [0.4, 0.5) is 0 Å². The minimum absolute atomic E-state index is 0.0906. The highest BCUT2D eigenvalue weighted by Crippen LogP contribution is 2.16. The van der Waals surface area contributed by atoms with E-state index in [1.807, 2.05) is 12.1 Å². The minimum Gasteiger partial charge on any atom is -0.326 e. The lowest BCUT2D eigenvalue weighted by molar-refractivity contribution is 1.07. The van der Waals surface area contributed by atoms with Gasteiger partial charge in [0.1, 0.15) is 0 Å². The van der Waals surface area contributed by atoms with Crippen molar-refractivity contribution >= 4 is 10.9 Å². The second-order valence-corrected chi connectivity index (χ2v) is 3.60. The quantitative estimate of drug-likeness (QED) is 0.776. The van der Waals surface area contributed by atoms with Crippen LogP contribution < -0.4 is 11.3 Å². The van der Waals surface area contributed by atoms with Crippen molar-refractivity contribution in [1.29, 1.82) is 0 Å². The van der Waals surface area contributed by atoms with Gasteiger partial charge in [0.05, 0.1) is 0 Å². The molecule has 0 aliphatic heterocycles. The predicted molar refractivity (Wildman–Crippen MR) is 61.8 cm³/mol. The van der Waals surface area contributed by atoms with Gasteiger partial charge in [-0.05, 0) is 29.7 Å². The summed E-state index contributed by atoms with van der Waals surface area (Å²) in [6, 6.07) is 7.63. The monoisotopic (exact) mass is 202 g/mol. The number of nitrogens with one attached hydrogen (secondary N) is 1. The van der Waals surface area contributed by atoms with Gasteiger partial charge < -0.3 is 10.7 Å². The van der Waals surface area contributed by atoms with Gasteiger partial charge in [-0.3, -0.25) is 4.79 Å². The van der Waals surface area contributed by atoms with Crippen LogP contribution in [-0.4, -0.2) is 4.98 Å². The van der Waals surface area contributed by atoms with Crippen LogP contribution in [0.1, 0.15) is 18.1 Å². The molecule has 3 nitrogen and oxygen atoms in total. The van der Waals surface area contributed by atoms with Gasteiger partial charge in [0.15, 0.2) is 0 Å². The van der Waals surface area contributed by atoms with Crippen LogP contribution in [0.5, 0.6) is 0 Å². The molecular weight excluding hydrogens is 188 g/mol. The van der Waals surface area contributed by atoms with E-state index in [0.29, 0.717) is 6.54 Å². The first-order chi connectivity index (χ1) is 7.24. The van der Waals surface area contributed by atoms with E-state index < -0.39 is 0 Å². The Kier molecular flexibility index (Phi) is 2.56. The predicted octanol–water partition coefficient (Wildman–Crippen LogP) is 1.55. The Labute approximate surface area is 87.9 Å². The Balaban J connectivity index is 2.79. The minimum atomic E-state index is -0.0906. The molecule has 0 atom stereocenters. The Hall–Kier alpha value is -1.61. The van der Waals surface area contributed by atoms with Crippen LogP contribution in [0.3, 0.4) is 0 Å². The van der Waals surface area contributed by atoms with Crippen LogP contribution in [0, 0.1) is 0 Å². The summed E-state index contributed by atoms with van der Waals surface area (Å²) in [6.45, 7) is 2.50. The molecule has 15 heavy (non-hydrogen) atoms. The van der Waals surface area contributed by atoms with Gasteiger partial charge in [-0.1, -0.05) is 13.0 Å². The summed E-state index contributed by atoms with van der Waals surface area (Å²) in [6.07, 6.45) is 0.985. The fourth-order valence-electron chi connectivity index (χ4n) is 1.76. The molecule has 0 bridgehead atoms. The van der Waals surface area contributed by atoms with Gasteiger partial charge in [-0.15, -0.1) is 0 Å². The number of hydrogen-bond acceptors (Lipinski definition) is 2. The first-order valence-corrected chi connectivity index (χ1v) is 5.09. The number of aromatic amines is 1. The molecule has 0 fully saturated rings. The molecule has 0 aliphatic carbocycles. The van der Waals surface area contributed by atoms with Crippen molar-refractivity contribution in [3.63, 3.8) is 0 Å². The van der Waals surface area contributed by atoms with E-state index in [1.54, 1.807) is 6.07 Å². The lowest BCUT2D eigenvalue weighted by atomic mass is 10.0. The number of H-pyrrole nitrogens is 1. The van der Waals surface area contributed by atoms with Crippen molar-refractivity contribution in [2.24, 2.45) is 5.73 Å². The van der Waals surface area contributed by atoms with E-state index in [0.717, 1.165) is 22.9 Å². The van der Waals surface area contributed by atoms with Gasteiger partial charge in [0.25, 0.3) is 0 Å². The van der Waals surface area contributed by atoms with E-state index in [4.69, 9.17) is 5.73 Å². The molecule has 78 valence electrons. The van der Waals surface area contributed by atoms with E-state index in [1.165, 1.54) is 5.56 Å². The molecule has 1 aromatic carbocycles. The first kappa shape index (κ1) is 9.93. The van der Waals surface area contributed by atoms with Gasteiger partial charge in [-0.25, -0.2) is 0 Å². The first-order valence-electron chi connectivity index (χ1n) is 5.09. The Morgan fingerprint density at radius 1 is 1.33 bits per heavy atom. The molecule has 3 N–H and O–H groups in total. The summed E-state index contributed by atoms with van der Waals surface area (Å²) in [7, 11) is 0. The van der Waals surface area contributed by atoms with Crippen LogP contribution in [0.2, 0.25) is 0 Å². The van der Waals surface area contributed by atoms with Gasteiger partial charge >= 0.3 is 0 Å². The molecule has 0 amide bonds. The van der Waals surface area contributed by atoms with Crippen molar-refractivity contribution in [2.75, 3.05) is 0 Å². The average Bonchev–Trinajstić information content (AvgIpc) is 2.27. The maximum absolute atomic E-state index is 11.3. The van der Waals surface area contributed by atoms with E-state index in [9.17, 15) is 4.79 Å². The Morgan fingerprint density at radius 2 is 2.13 bits per heavy atom. The molecule has 0 spiro atoms. The largest absolute Gasteiger partial charge is 0.326 e. The molecular formula is C12H14N2O. The Morgan fingerprint density at radius 3 is 2.80 bits per heavy atom. The smallest absolute Gasteiger partial charge is 0.248 e. The topological polar surface area (TPSA) is 58.9 Å². The van der Waals surface area contributed by atoms with Crippen molar-refractivity contribution in [3.8, 4) is 0 Å². The summed E-state index contributed by atoms with van der Waals surface area (Å²) in [5.74, 6) is 0. The van der Waals surface area contributed by atoms with Gasteiger partial charge in [0.2, 0.25) is 5.56 Å². The zero-order chi connectivity index (χ0) is 10.8. The van der Waals surface area contributed by atoms with Crippen LogP contribution in [-0.2, 0) is 13.0 Å². The number of aromatic nitrogens is 1. The molecule has 0 saturated carbocycles. The third-order valence-corrected chi connectivity index (χ3v) is 2.62. The summed E-state index contributed by atoms with van der Waals surface area (Å²) in [5, 5.41) is 1.05. The van der Waals surface area contributed by atoms with Crippen molar-refractivity contribution in [2.45, 2.75) is 19.9 Å². The summed E-state index contributed by atoms with van der Waals surface area (Å²) < 4.78 is 0. The molecule has 0 saturated heterocycles. The molecule has 1 aromatic heterocycles. The maximum atomic E-state index is 11.3. The number of aryl methyl sites for hydroxylation is 1. The zero-order valence-electron chi connectivity index (χ0n) is 8.71. The van der Waals surface area contributed by atoms with Crippen molar-refractivity contribution in [3.05, 3.63) is 45.7 Å². The lowest BCUT2D eigenvalue weighted by Crippen LogP contribution is -2.09. The zero-order valence-corrected chi connectivity index (χ0v) is 8.71. The third kappa shape index (κ3) is 1.78. The number of hydrogen-bond donors (Lipinski definition) is 2. The average molecular weight is 202 g/mol. The molecule has 0 aliphatic rings. The maximum Gasteiger partial charge on any atom is 0.248 e. The molecule has 0 radical (unpaired) electrons. The summed E-state index contributed by atoms with van der Waals surface area (Å²) >= 11 is 0. The fraction of sp³-hybridized carbons (Fsp3) is 0.250. The number of rotatable bonds is 2. The summed E-state index contributed by atoms with van der Waals surface area (Å²) in [4.78, 5) is 14.1. The van der Waals surface area contributed by atoms with Gasteiger partial charge in [-0.2, -0.15) is 0 Å². The highest BCUT2D eigenvalue weighted by molar-refractivity contribution is 5.82. The normalized spacial score (nSPS) is 10.8. The molecule has 2 rings (SSSR count). The summed E-state index contributed by atoms with van der Waals surface area (Å²) in [5.41, 5.74) is 8.55. The van der Waals surface area contributed by atoms with E-state index in [2.05, 4.69) is 18.0 Å². The third-order valence-electron chi connectivity index (χ3n) is 2.62. The number of nitrogens with two attached hydrogens (primary N) is 1. The van der Waals surface area contributed by atoms with Crippen molar-refractivity contribution in [1.82, 2.24) is 4.98 Å².